The fraction of sp³-hybridized carbons (Fsp3) is 0.667. The summed E-state index contributed by atoms with van der Waals surface area (Å²) < 4.78 is 122. The van der Waals surface area contributed by atoms with Gasteiger partial charge >= 0.3 is 30.6 Å². The van der Waals surface area contributed by atoms with Crippen LogP contribution in [-0.2, 0) is 22.3 Å². The first kappa shape index (κ1) is 33.6. The molecule has 0 unspecified atom stereocenters. The van der Waals surface area contributed by atoms with Crippen LogP contribution in [-0.4, -0.2) is 94.5 Å². The highest BCUT2D eigenvalue weighted by Crippen LogP contribution is 2.41. The molecule has 4 rings (SSSR count). The third-order valence-electron chi connectivity index (χ3n) is 8.67. The maximum Gasteiger partial charge on any atom is 0.434 e. The lowest BCUT2D eigenvalue weighted by Crippen LogP contribution is -2.54. The van der Waals surface area contributed by atoms with Gasteiger partial charge in [-0.2, -0.15) is 39.5 Å². The molecule has 8 nitrogen and oxygen atoms in total. The number of amides is 2. The van der Waals surface area contributed by atoms with Gasteiger partial charge in [-0.15, -0.1) is 0 Å². The van der Waals surface area contributed by atoms with Gasteiger partial charge in [0.05, 0.1) is 11.5 Å². The lowest BCUT2D eigenvalue weighted by atomic mass is 9.84. The number of ether oxygens (including phenoxy) is 1. The molecule has 0 radical (unpaired) electrons. The van der Waals surface area contributed by atoms with Gasteiger partial charge in [0.15, 0.2) is 0 Å². The van der Waals surface area contributed by atoms with E-state index in [0.29, 0.717) is 19.4 Å². The molecule has 0 atom stereocenters. The summed E-state index contributed by atoms with van der Waals surface area (Å²) in [6.07, 6.45) is -20.7. The van der Waals surface area contributed by atoms with Crippen molar-refractivity contribution in [3.8, 4) is 0 Å². The number of carbonyl (C=O) groups is 3. The molecule has 0 aromatic heterocycles. The zero-order chi connectivity index (χ0) is 32.7. The minimum atomic E-state index is -5.85. The van der Waals surface area contributed by atoms with Crippen molar-refractivity contribution in [3.05, 3.63) is 34.9 Å². The number of halogens is 9. The number of hydrogen-bond donors (Lipinski definition) is 1. The molecule has 0 bridgehead atoms. The van der Waals surface area contributed by atoms with Gasteiger partial charge in [-0.05, 0) is 62.8 Å². The number of benzene rings is 1. The third-order valence-corrected chi connectivity index (χ3v) is 8.67. The molecular weight excluding hydrogens is 617 g/mol. The molecule has 1 aromatic carbocycles. The van der Waals surface area contributed by atoms with Gasteiger partial charge in [0.1, 0.15) is 0 Å². The van der Waals surface area contributed by atoms with Gasteiger partial charge < -0.3 is 19.6 Å². The van der Waals surface area contributed by atoms with Crippen LogP contribution in [0.1, 0.15) is 60.0 Å². The Labute approximate surface area is 245 Å². The monoisotopic (exact) mass is 647 g/mol. The van der Waals surface area contributed by atoms with E-state index >= 15 is 0 Å². The Morgan fingerprint density at radius 1 is 0.864 bits per heavy atom. The molecule has 3 aliphatic rings. The molecular formula is C27H30F9N3O5. The van der Waals surface area contributed by atoms with E-state index in [1.165, 1.54) is 11.0 Å². The van der Waals surface area contributed by atoms with Gasteiger partial charge in [0.25, 0.3) is 12.0 Å². The van der Waals surface area contributed by atoms with Gasteiger partial charge in [0.2, 0.25) is 0 Å². The van der Waals surface area contributed by atoms with E-state index in [1.807, 2.05) is 4.90 Å². The van der Waals surface area contributed by atoms with Crippen LogP contribution in [0.2, 0.25) is 0 Å². The highest BCUT2D eigenvalue weighted by Gasteiger charge is 2.60. The van der Waals surface area contributed by atoms with Gasteiger partial charge in [-0.1, -0.05) is 6.07 Å². The van der Waals surface area contributed by atoms with E-state index in [1.54, 1.807) is 0 Å². The first-order chi connectivity index (χ1) is 20.3. The van der Waals surface area contributed by atoms with Gasteiger partial charge in [-0.25, -0.2) is 4.79 Å². The largest absolute Gasteiger partial charge is 0.481 e. The number of alkyl halides is 9. The molecule has 3 fully saturated rings. The molecule has 0 aliphatic carbocycles. The predicted molar refractivity (Wildman–Crippen MR) is 133 cm³/mol. The zero-order valence-electron chi connectivity index (χ0n) is 23.2. The number of carbonyl (C=O) groups excluding carboxylic acids is 2. The van der Waals surface area contributed by atoms with E-state index in [-0.39, 0.29) is 69.5 Å². The number of piperidine rings is 2. The fourth-order valence-corrected chi connectivity index (χ4v) is 6.20. The van der Waals surface area contributed by atoms with E-state index in [0.717, 1.165) is 17.0 Å². The van der Waals surface area contributed by atoms with Crippen LogP contribution in [0.4, 0.5) is 44.3 Å². The SMILES string of the molecule is O=C(O)C1CCN(C(=O)c2cc(C(F)(F)F)ccc2CN2CCCC23CCN(C(=O)OC(C(F)(F)F)C(F)(F)F)CC3)CC1. The van der Waals surface area contributed by atoms with Crippen LogP contribution in [0.5, 0.6) is 0 Å². The van der Waals surface area contributed by atoms with Crippen molar-refractivity contribution >= 4 is 18.0 Å². The molecule has 0 saturated carbocycles. The van der Waals surface area contributed by atoms with Crippen molar-refractivity contribution < 1.29 is 63.7 Å². The van der Waals surface area contributed by atoms with E-state index in [9.17, 15) is 59.0 Å². The Balaban J connectivity index is 1.49. The average Bonchev–Trinajstić information content (AvgIpc) is 3.30. The van der Waals surface area contributed by atoms with Gasteiger partial charge in [0, 0.05) is 43.8 Å². The molecule has 3 saturated heterocycles. The summed E-state index contributed by atoms with van der Waals surface area (Å²) in [5.74, 6) is -2.36. The number of likely N-dealkylation sites (tertiary alicyclic amines) is 3. The second kappa shape index (κ2) is 12.3. The van der Waals surface area contributed by atoms with E-state index < -0.39 is 59.6 Å². The average molecular weight is 648 g/mol. The van der Waals surface area contributed by atoms with Crippen LogP contribution in [0.15, 0.2) is 18.2 Å². The lowest BCUT2D eigenvalue weighted by molar-refractivity contribution is -0.308. The minimum absolute atomic E-state index is 0.0273. The topological polar surface area (TPSA) is 90.4 Å². The number of rotatable bonds is 5. The zero-order valence-corrected chi connectivity index (χ0v) is 23.2. The minimum Gasteiger partial charge on any atom is -0.481 e. The Bertz CT molecular complexity index is 1220. The summed E-state index contributed by atoms with van der Waals surface area (Å²) in [4.78, 5) is 41.0. The van der Waals surface area contributed by atoms with Crippen LogP contribution in [0, 0.1) is 5.92 Å². The third kappa shape index (κ3) is 7.34. The first-order valence-electron chi connectivity index (χ1n) is 13.9. The quantitative estimate of drug-likeness (QED) is 0.413. The molecule has 1 N–H and O–H groups in total. The molecule has 246 valence electrons. The smallest absolute Gasteiger partial charge is 0.434 e. The van der Waals surface area contributed by atoms with Crippen molar-refractivity contribution in [2.45, 2.75) is 75.2 Å². The van der Waals surface area contributed by atoms with Crippen LogP contribution >= 0.6 is 0 Å². The maximum atomic E-state index is 13.6. The van der Waals surface area contributed by atoms with Crippen LogP contribution in [0.3, 0.4) is 0 Å². The number of carboxylic acids is 1. The standard InChI is InChI=1S/C27H30F9N3O5/c28-25(29,30)18-3-2-17(19(14-18)20(40)37-10-4-16(5-11-37)21(41)42)15-39-9-1-6-24(39)7-12-38(13-8-24)23(43)44-22(26(31,32)33)27(34,35)36/h2-3,14,16,22H,1,4-13,15H2,(H,41,42). The number of hydrogen-bond acceptors (Lipinski definition) is 5. The summed E-state index contributed by atoms with van der Waals surface area (Å²) in [5.41, 5.74) is -1.61. The second-order valence-corrected chi connectivity index (χ2v) is 11.4. The van der Waals surface area contributed by atoms with Crippen molar-refractivity contribution in [2.75, 3.05) is 32.7 Å². The second-order valence-electron chi connectivity index (χ2n) is 11.4. The van der Waals surface area contributed by atoms with E-state index in [4.69, 9.17) is 0 Å². The summed E-state index contributed by atoms with van der Waals surface area (Å²) >= 11 is 0. The van der Waals surface area contributed by atoms with E-state index in [2.05, 4.69) is 4.74 Å². The molecule has 3 heterocycles. The normalized spacial score (nSPS) is 20.4. The molecule has 2 amide bonds. The van der Waals surface area contributed by atoms with Crippen molar-refractivity contribution in [1.82, 2.24) is 14.7 Å². The summed E-state index contributed by atoms with van der Waals surface area (Å²) in [5, 5.41) is 9.23. The Hall–Kier alpha value is -3.24. The Morgan fingerprint density at radius 2 is 1.45 bits per heavy atom. The summed E-state index contributed by atoms with van der Waals surface area (Å²) in [7, 11) is 0. The number of carboxylic acid groups (broad SMARTS) is 1. The summed E-state index contributed by atoms with van der Waals surface area (Å²) in [6, 6.07) is 2.81. The van der Waals surface area contributed by atoms with Crippen molar-refractivity contribution in [3.63, 3.8) is 0 Å². The Kier molecular flexibility index (Phi) is 9.39. The fourth-order valence-electron chi connectivity index (χ4n) is 6.20. The molecule has 17 heteroatoms. The number of nitrogens with zero attached hydrogens (tertiary/aromatic N) is 3. The highest BCUT2D eigenvalue weighted by atomic mass is 19.4. The number of aliphatic carboxylic acids is 1. The van der Waals surface area contributed by atoms with Crippen LogP contribution < -0.4 is 0 Å². The molecule has 3 aliphatic heterocycles. The molecule has 1 aromatic rings. The summed E-state index contributed by atoms with van der Waals surface area (Å²) in [6.45, 7) is 0.153. The maximum absolute atomic E-state index is 13.6. The van der Waals surface area contributed by atoms with Crippen molar-refractivity contribution in [2.24, 2.45) is 5.92 Å². The Morgan fingerprint density at radius 3 is 1.98 bits per heavy atom. The van der Waals surface area contributed by atoms with Gasteiger partial charge in [-0.3, -0.25) is 14.5 Å². The lowest BCUT2D eigenvalue weighted by Gasteiger charge is -2.45. The van der Waals surface area contributed by atoms with Crippen molar-refractivity contribution in [1.29, 1.82) is 0 Å². The predicted octanol–water partition coefficient (Wildman–Crippen LogP) is 5.70. The highest BCUT2D eigenvalue weighted by molar-refractivity contribution is 5.96. The first-order valence-corrected chi connectivity index (χ1v) is 13.9. The molecule has 1 spiro atoms. The van der Waals surface area contributed by atoms with Crippen LogP contribution in [0.25, 0.3) is 0 Å². The molecule has 44 heavy (non-hydrogen) atoms.